The number of hydrogen-bond donors (Lipinski definition) is 2. The molecule has 3 heterocycles. The lowest BCUT2D eigenvalue weighted by atomic mass is 10.2. The summed E-state index contributed by atoms with van der Waals surface area (Å²) in [5.41, 5.74) is 2.18. The van der Waals surface area contributed by atoms with E-state index in [9.17, 15) is 9.59 Å². The van der Waals surface area contributed by atoms with Crippen LogP contribution >= 0.6 is 22.7 Å². The summed E-state index contributed by atoms with van der Waals surface area (Å²) in [6.07, 6.45) is 0. The molecule has 4 nitrogen and oxygen atoms in total. The van der Waals surface area contributed by atoms with Gasteiger partial charge in [-0.25, -0.2) is 0 Å². The number of amides is 1. The topological polar surface area (TPSA) is 62.0 Å². The number of fused-ring (bicyclic) bond motifs is 1. The normalized spacial score (nSPS) is 10.9. The van der Waals surface area contributed by atoms with Gasteiger partial charge in [0.2, 0.25) is 5.78 Å². The second kappa shape index (κ2) is 6.66. The molecular weight excluding hydrogens is 352 g/mol. The van der Waals surface area contributed by atoms with Gasteiger partial charge in [-0.05, 0) is 35.7 Å². The first-order chi connectivity index (χ1) is 12.2. The molecule has 0 atom stereocenters. The van der Waals surface area contributed by atoms with Crippen molar-refractivity contribution in [3.63, 3.8) is 0 Å². The van der Waals surface area contributed by atoms with E-state index in [2.05, 4.69) is 10.3 Å². The number of ketones is 1. The third kappa shape index (κ3) is 3.26. The highest BCUT2D eigenvalue weighted by Gasteiger charge is 2.13. The van der Waals surface area contributed by atoms with E-state index in [1.165, 1.54) is 22.7 Å². The van der Waals surface area contributed by atoms with Crippen LogP contribution in [0.2, 0.25) is 0 Å². The van der Waals surface area contributed by atoms with E-state index in [4.69, 9.17) is 0 Å². The predicted octanol–water partition coefficient (Wildman–Crippen LogP) is 4.45. The molecule has 1 amide bonds. The number of nitrogens with one attached hydrogen (secondary N) is 2. The number of aromatic nitrogens is 1. The molecule has 0 aliphatic rings. The van der Waals surface area contributed by atoms with Gasteiger partial charge >= 0.3 is 0 Å². The molecule has 0 spiro atoms. The monoisotopic (exact) mass is 366 g/mol. The maximum Gasteiger partial charge on any atom is 0.268 e. The Morgan fingerprint density at radius 2 is 1.96 bits per heavy atom. The second-order valence-corrected chi connectivity index (χ2v) is 7.51. The van der Waals surface area contributed by atoms with Gasteiger partial charge < -0.3 is 10.3 Å². The first kappa shape index (κ1) is 15.8. The number of hydrogen-bond acceptors (Lipinski definition) is 4. The van der Waals surface area contributed by atoms with E-state index in [-0.39, 0.29) is 11.7 Å². The van der Waals surface area contributed by atoms with Gasteiger partial charge in [0, 0.05) is 26.7 Å². The maximum atomic E-state index is 12.3. The van der Waals surface area contributed by atoms with Crippen LogP contribution in [0, 0.1) is 0 Å². The zero-order valence-corrected chi connectivity index (χ0v) is 14.7. The Labute approximate surface area is 152 Å². The molecule has 0 saturated carbocycles. The Kier molecular flexibility index (Phi) is 4.21. The maximum absolute atomic E-state index is 12.3. The van der Waals surface area contributed by atoms with E-state index in [0.29, 0.717) is 22.7 Å². The fourth-order valence-corrected chi connectivity index (χ4v) is 4.13. The number of carbonyl (C=O) groups is 2. The Morgan fingerprint density at radius 3 is 2.76 bits per heavy atom. The summed E-state index contributed by atoms with van der Waals surface area (Å²) in [7, 11) is 0. The minimum atomic E-state index is -0.157. The second-order valence-electron chi connectivity index (χ2n) is 5.56. The molecule has 0 bridgehead atoms. The predicted molar refractivity (Wildman–Crippen MR) is 102 cm³/mol. The van der Waals surface area contributed by atoms with Crippen molar-refractivity contribution in [2.24, 2.45) is 0 Å². The minimum absolute atomic E-state index is 0.0273. The van der Waals surface area contributed by atoms with E-state index < -0.39 is 0 Å². The van der Waals surface area contributed by atoms with Crippen molar-refractivity contribution < 1.29 is 9.59 Å². The Bertz CT molecular complexity index is 1010. The van der Waals surface area contributed by atoms with Crippen LogP contribution in [0.4, 0.5) is 0 Å². The molecule has 0 unspecified atom stereocenters. The van der Waals surface area contributed by atoms with Crippen LogP contribution < -0.4 is 5.32 Å². The average molecular weight is 366 g/mol. The van der Waals surface area contributed by atoms with Crippen molar-refractivity contribution in [1.29, 1.82) is 0 Å². The van der Waals surface area contributed by atoms with Crippen LogP contribution in [0.1, 0.15) is 30.6 Å². The van der Waals surface area contributed by atoms with Crippen molar-refractivity contribution in [3.8, 4) is 0 Å². The molecule has 0 fully saturated rings. The molecule has 0 saturated heterocycles. The van der Waals surface area contributed by atoms with Crippen LogP contribution in [0.25, 0.3) is 10.9 Å². The fraction of sp³-hybridized carbons (Fsp3) is 0.0526. The van der Waals surface area contributed by atoms with Gasteiger partial charge in [-0.2, -0.15) is 11.3 Å². The van der Waals surface area contributed by atoms with E-state index >= 15 is 0 Å². The molecule has 2 N–H and O–H groups in total. The van der Waals surface area contributed by atoms with Crippen molar-refractivity contribution in [1.82, 2.24) is 10.3 Å². The van der Waals surface area contributed by atoms with E-state index in [0.717, 1.165) is 15.8 Å². The number of para-hydroxylation sites is 1. The quantitative estimate of drug-likeness (QED) is 0.513. The molecule has 0 aliphatic heterocycles. The highest BCUT2D eigenvalue weighted by atomic mass is 32.1. The fourth-order valence-electron chi connectivity index (χ4n) is 2.59. The molecule has 3 aromatic heterocycles. The molecule has 4 aromatic rings. The van der Waals surface area contributed by atoms with Gasteiger partial charge in [0.1, 0.15) is 5.69 Å². The number of carbonyl (C=O) groups excluding carboxylic acids is 2. The summed E-state index contributed by atoms with van der Waals surface area (Å²) in [6.45, 7) is 0.399. The number of benzene rings is 1. The summed E-state index contributed by atoms with van der Waals surface area (Å²) in [6, 6.07) is 15.1. The van der Waals surface area contributed by atoms with Crippen LogP contribution in [0.15, 0.2) is 59.3 Å². The number of thiophene rings is 2. The molecule has 0 radical (unpaired) electrons. The summed E-state index contributed by atoms with van der Waals surface area (Å²) >= 11 is 2.92. The van der Waals surface area contributed by atoms with Crippen molar-refractivity contribution in [3.05, 3.63) is 80.3 Å². The molecule has 6 heteroatoms. The third-order valence-electron chi connectivity index (χ3n) is 3.87. The van der Waals surface area contributed by atoms with Gasteiger partial charge in [-0.15, -0.1) is 11.3 Å². The van der Waals surface area contributed by atoms with Gasteiger partial charge in [0.05, 0.1) is 11.4 Å². The summed E-state index contributed by atoms with van der Waals surface area (Å²) in [4.78, 5) is 29.4. The summed E-state index contributed by atoms with van der Waals surface area (Å²) in [5.74, 6) is -0.130. The molecule has 25 heavy (non-hydrogen) atoms. The van der Waals surface area contributed by atoms with Crippen LogP contribution in [0.5, 0.6) is 0 Å². The molecule has 0 aliphatic carbocycles. The lowest BCUT2D eigenvalue weighted by molar-refractivity contribution is 0.0946. The molecule has 4 rings (SSSR count). The smallest absolute Gasteiger partial charge is 0.268 e. The standard InChI is InChI=1S/C19H14N2O2S2/c22-18(13-7-8-24-11-13)17-6-5-14(25-17)10-20-19(23)16-9-12-3-1-2-4-15(12)21-16/h1-9,11,21H,10H2,(H,20,23). The number of rotatable bonds is 5. The minimum Gasteiger partial charge on any atom is -0.351 e. The lowest BCUT2D eigenvalue weighted by Gasteiger charge is -2.01. The van der Waals surface area contributed by atoms with Crippen LogP contribution in [0.3, 0.4) is 0 Å². The van der Waals surface area contributed by atoms with Crippen LogP contribution in [-0.4, -0.2) is 16.7 Å². The highest BCUT2D eigenvalue weighted by Crippen LogP contribution is 2.21. The average Bonchev–Trinajstić information content (AvgIpc) is 3.39. The summed E-state index contributed by atoms with van der Waals surface area (Å²) < 4.78 is 0. The Balaban J connectivity index is 1.43. The van der Waals surface area contributed by atoms with Gasteiger partial charge in [-0.1, -0.05) is 18.2 Å². The first-order valence-electron chi connectivity index (χ1n) is 7.72. The SMILES string of the molecule is O=C(NCc1ccc(C(=O)c2ccsc2)s1)c1cc2ccccc2[nH]1. The van der Waals surface area contributed by atoms with Gasteiger partial charge in [0.25, 0.3) is 5.91 Å². The number of aromatic amines is 1. The van der Waals surface area contributed by atoms with Crippen molar-refractivity contribution >= 4 is 45.3 Å². The van der Waals surface area contributed by atoms with Gasteiger partial charge in [0.15, 0.2) is 0 Å². The van der Waals surface area contributed by atoms with E-state index in [1.807, 2.05) is 59.3 Å². The largest absolute Gasteiger partial charge is 0.351 e. The van der Waals surface area contributed by atoms with Crippen molar-refractivity contribution in [2.75, 3.05) is 0 Å². The Hall–Kier alpha value is -2.70. The number of H-pyrrole nitrogens is 1. The van der Waals surface area contributed by atoms with Crippen molar-refractivity contribution in [2.45, 2.75) is 6.54 Å². The lowest BCUT2D eigenvalue weighted by Crippen LogP contribution is -2.22. The first-order valence-corrected chi connectivity index (χ1v) is 9.48. The van der Waals surface area contributed by atoms with Gasteiger partial charge in [-0.3, -0.25) is 9.59 Å². The highest BCUT2D eigenvalue weighted by molar-refractivity contribution is 7.14. The Morgan fingerprint density at radius 1 is 1.08 bits per heavy atom. The molecular formula is C19H14N2O2S2. The molecule has 124 valence electrons. The van der Waals surface area contributed by atoms with Crippen LogP contribution in [-0.2, 0) is 6.54 Å². The zero-order valence-electron chi connectivity index (χ0n) is 13.1. The zero-order chi connectivity index (χ0) is 17.2. The summed E-state index contributed by atoms with van der Waals surface area (Å²) in [5, 5.41) is 7.64. The molecule has 1 aromatic carbocycles. The third-order valence-corrected chi connectivity index (χ3v) is 5.63. The van der Waals surface area contributed by atoms with E-state index in [1.54, 1.807) is 0 Å².